The van der Waals surface area contributed by atoms with Crippen LogP contribution in [0.3, 0.4) is 0 Å². The van der Waals surface area contributed by atoms with Gasteiger partial charge in [0.25, 0.3) is 0 Å². The second kappa shape index (κ2) is 5.79. The van der Waals surface area contributed by atoms with Gasteiger partial charge in [-0.15, -0.1) is 0 Å². The fourth-order valence-corrected chi connectivity index (χ4v) is 5.82. The molecule has 1 nitrogen and oxygen atoms in total. The molecule has 0 bridgehead atoms. The molecule has 19 heavy (non-hydrogen) atoms. The lowest BCUT2D eigenvalue weighted by atomic mass is 10.0. The average molecular weight is 271 g/mol. The van der Waals surface area contributed by atoms with E-state index >= 15 is 0 Å². The summed E-state index contributed by atoms with van der Waals surface area (Å²) in [6.07, 6.45) is 13.1. The van der Waals surface area contributed by atoms with Crippen LogP contribution >= 0.6 is 0 Å². The Labute approximate surface area is 118 Å². The predicted molar refractivity (Wildman–Crippen MR) is 88.0 cm³/mol. The van der Waals surface area contributed by atoms with Crippen LogP contribution in [-0.4, -0.2) is 8.24 Å². The van der Waals surface area contributed by atoms with Crippen molar-refractivity contribution in [1.29, 1.82) is 0 Å². The lowest BCUT2D eigenvalue weighted by molar-refractivity contribution is 0.643. The van der Waals surface area contributed by atoms with Gasteiger partial charge in [-0.2, -0.15) is 0 Å². The highest BCUT2D eigenvalue weighted by Gasteiger charge is 2.44. The smallest absolute Gasteiger partial charge is 0.161 e. The molecule has 0 heterocycles. The van der Waals surface area contributed by atoms with Crippen molar-refractivity contribution in [3.05, 3.63) is 54.6 Å². The molecule has 2 rings (SSSR count). The van der Waals surface area contributed by atoms with E-state index in [1.807, 2.05) is 0 Å². The normalized spacial score (nSPS) is 16.8. The van der Waals surface area contributed by atoms with Gasteiger partial charge < -0.3 is 4.98 Å². The highest BCUT2D eigenvalue weighted by molar-refractivity contribution is 6.84. The monoisotopic (exact) mass is 271 g/mol. The van der Waals surface area contributed by atoms with Crippen molar-refractivity contribution in [2.24, 2.45) is 0 Å². The number of benzene rings is 1. The number of hydrogen-bond acceptors (Lipinski definition) is 1. The van der Waals surface area contributed by atoms with Crippen LogP contribution < -0.4 is 4.98 Å². The summed E-state index contributed by atoms with van der Waals surface area (Å²) >= 11 is 0. The van der Waals surface area contributed by atoms with Gasteiger partial charge >= 0.3 is 0 Å². The fourth-order valence-electron chi connectivity index (χ4n) is 2.87. The van der Waals surface area contributed by atoms with Crippen LogP contribution in [0.25, 0.3) is 0 Å². The Bertz CT molecular complexity index is 447. The summed E-state index contributed by atoms with van der Waals surface area (Å²) in [6, 6.07) is 10.6. The molecule has 2 heteroatoms. The highest BCUT2D eigenvalue weighted by atomic mass is 28.3. The van der Waals surface area contributed by atoms with E-state index in [0.29, 0.717) is 0 Å². The predicted octanol–water partition coefficient (Wildman–Crippen LogP) is 5.36. The first-order chi connectivity index (χ1) is 9.10. The first kappa shape index (κ1) is 14.1. The van der Waals surface area contributed by atoms with Crippen LogP contribution in [0, 0.1) is 0 Å². The summed E-state index contributed by atoms with van der Waals surface area (Å²) in [4.78, 5) is 3.85. The minimum Gasteiger partial charge on any atom is -0.410 e. The van der Waals surface area contributed by atoms with Crippen molar-refractivity contribution in [3.63, 3.8) is 0 Å². The lowest BCUT2D eigenvalue weighted by Crippen LogP contribution is -2.48. The van der Waals surface area contributed by atoms with E-state index in [-0.39, 0.29) is 5.04 Å². The Morgan fingerprint density at radius 2 is 1.68 bits per heavy atom. The zero-order chi connectivity index (χ0) is 13.8. The van der Waals surface area contributed by atoms with Gasteiger partial charge in [0.05, 0.1) is 0 Å². The second-order valence-corrected chi connectivity index (χ2v) is 10.4. The van der Waals surface area contributed by atoms with E-state index < -0.39 is 8.24 Å². The summed E-state index contributed by atoms with van der Waals surface area (Å²) in [6.45, 7) is 7.15. The Hall–Kier alpha value is -1.28. The molecule has 0 unspecified atom stereocenters. The molecular formula is C17H25NSi. The minimum atomic E-state index is -1.62. The van der Waals surface area contributed by atoms with Gasteiger partial charge in [-0.1, -0.05) is 75.4 Å². The number of nitrogens with one attached hydrogen (secondary N) is 1. The van der Waals surface area contributed by atoms with Crippen LogP contribution in [-0.2, 0) is 0 Å². The molecule has 0 aromatic heterocycles. The van der Waals surface area contributed by atoms with Gasteiger partial charge in [0, 0.05) is 10.7 Å². The van der Waals surface area contributed by atoms with Crippen molar-refractivity contribution in [1.82, 2.24) is 0 Å². The van der Waals surface area contributed by atoms with E-state index in [4.69, 9.17) is 0 Å². The van der Waals surface area contributed by atoms with Crippen LogP contribution in [0.5, 0.6) is 0 Å². The maximum atomic E-state index is 3.85. The molecule has 0 radical (unpaired) electrons. The topological polar surface area (TPSA) is 12.0 Å². The fraction of sp³-hybridized carbons (Fsp3) is 0.412. The van der Waals surface area contributed by atoms with Crippen molar-refractivity contribution in [2.45, 2.75) is 44.3 Å². The van der Waals surface area contributed by atoms with E-state index in [1.165, 1.54) is 24.9 Å². The second-order valence-electron chi connectivity index (χ2n) is 5.98. The molecule has 1 aliphatic carbocycles. The Morgan fingerprint density at radius 1 is 1.05 bits per heavy atom. The number of unbranched alkanes of at least 4 members (excludes halogenated alkanes) is 1. The molecule has 0 spiro atoms. The summed E-state index contributed by atoms with van der Waals surface area (Å²) in [7, 11) is -1.62. The van der Waals surface area contributed by atoms with Crippen molar-refractivity contribution < 1.29 is 0 Å². The number of hydrogen-bond donors (Lipinski definition) is 1. The van der Waals surface area contributed by atoms with E-state index in [2.05, 4.69) is 79.6 Å². The van der Waals surface area contributed by atoms with Crippen LogP contribution in [0.4, 0.5) is 5.69 Å². The lowest BCUT2D eigenvalue weighted by Gasteiger charge is -2.41. The Kier molecular flexibility index (Phi) is 4.30. The molecule has 1 N–H and O–H groups in total. The molecule has 0 saturated carbocycles. The molecule has 0 fully saturated rings. The maximum Gasteiger partial charge on any atom is 0.161 e. The summed E-state index contributed by atoms with van der Waals surface area (Å²) in [5, 5.41) is 0.263. The molecule has 0 atom stereocenters. The maximum absolute atomic E-state index is 3.85. The van der Waals surface area contributed by atoms with E-state index in [1.54, 1.807) is 0 Å². The Balaban J connectivity index is 2.20. The molecule has 0 amide bonds. The number of para-hydroxylation sites is 1. The summed E-state index contributed by atoms with van der Waals surface area (Å²) < 4.78 is 0. The van der Waals surface area contributed by atoms with Crippen molar-refractivity contribution in [2.75, 3.05) is 4.98 Å². The van der Waals surface area contributed by atoms with Gasteiger partial charge in [-0.3, -0.25) is 0 Å². The highest BCUT2D eigenvalue weighted by Crippen LogP contribution is 2.48. The molecule has 1 aliphatic rings. The number of allylic oxidation sites excluding steroid dienone is 4. The van der Waals surface area contributed by atoms with Gasteiger partial charge in [0.1, 0.15) is 0 Å². The van der Waals surface area contributed by atoms with Gasteiger partial charge in [0.15, 0.2) is 8.24 Å². The quantitative estimate of drug-likeness (QED) is 0.687. The number of rotatable bonds is 6. The molecule has 1 aromatic rings. The summed E-state index contributed by atoms with van der Waals surface area (Å²) in [5.41, 5.74) is 1.25. The van der Waals surface area contributed by atoms with Crippen LogP contribution in [0.1, 0.15) is 26.2 Å². The van der Waals surface area contributed by atoms with Gasteiger partial charge in [-0.25, -0.2) is 0 Å². The molecule has 0 saturated heterocycles. The summed E-state index contributed by atoms with van der Waals surface area (Å²) in [5.74, 6) is 0. The third-order valence-electron chi connectivity index (χ3n) is 4.24. The van der Waals surface area contributed by atoms with E-state index in [0.717, 1.165) is 0 Å². The zero-order valence-corrected chi connectivity index (χ0v) is 13.3. The molecular weight excluding hydrogens is 246 g/mol. The van der Waals surface area contributed by atoms with Crippen molar-refractivity contribution >= 4 is 13.9 Å². The van der Waals surface area contributed by atoms with Crippen molar-refractivity contribution in [3.8, 4) is 0 Å². The first-order valence-electron chi connectivity index (χ1n) is 7.30. The third-order valence-corrected chi connectivity index (χ3v) is 8.06. The average Bonchev–Trinajstić information content (AvgIpc) is 2.87. The van der Waals surface area contributed by atoms with Crippen LogP contribution in [0.2, 0.25) is 18.1 Å². The number of anilines is 1. The SMILES string of the molecule is CCCCC1([Si](C)(C)Nc2ccccc2)C=CC=C1. The zero-order valence-electron chi connectivity index (χ0n) is 12.3. The van der Waals surface area contributed by atoms with E-state index in [9.17, 15) is 0 Å². The largest absolute Gasteiger partial charge is 0.410 e. The minimum absolute atomic E-state index is 0.263. The standard InChI is InChI=1S/C17H25NSi/c1-4-5-13-17(14-9-10-15-17)19(2,3)18-16-11-7-6-8-12-16/h6-12,14-15,18H,4-5,13H2,1-3H3. The molecule has 102 valence electrons. The molecule has 0 aliphatic heterocycles. The molecule has 1 aromatic carbocycles. The van der Waals surface area contributed by atoms with Gasteiger partial charge in [0.2, 0.25) is 0 Å². The Morgan fingerprint density at radius 3 is 2.26 bits per heavy atom. The van der Waals surface area contributed by atoms with Crippen LogP contribution in [0.15, 0.2) is 54.6 Å². The van der Waals surface area contributed by atoms with Gasteiger partial charge in [-0.05, 0) is 18.6 Å². The first-order valence-corrected chi connectivity index (χ1v) is 10.3. The third kappa shape index (κ3) is 3.00.